The molecule has 1 rings (SSSR count). The highest BCUT2D eigenvalue weighted by molar-refractivity contribution is 5.85. The molecule has 0 bridgehead atoms. The third-order valence-electron chi connectivity index (χ3n) is 2.53. The molecule has 19 heavy (non-hydrogen) atoms. The number of ether oxygens (including phenoxy) is 1. The number of carbonyl (C=O) groups excluding carboxylic acids is 1. The highest BCUT2D eigenvalue weighted by Gasteiger charge is 2.30. The van der Waals surface area contributed by atoms with E-state index in [1.165, 1.54) is 26.0 Å². The van der Waals surface area contributed by atoms with E-state index < -0.39 is 29.7 Å². The Hall–Kier alpha value is -1.40. The summed E-state index contributed by atoms with van der Waals surface area (Å²) in [4.78, 5) is 11.2. The second-order valence-corrected chi connectivity index (χ2v) is 3.81. The summed E-state index contributed by atoms with van der Waals surface area (Å²) in [6.45, 7) is 2.99. The number of aromatic hydroxyl groups is 1. The highest BCUT2D eigenvalue weighted by atomic mass is 35.5. The molecule has 2 atom stereocenters. The first-order valence-corrected chi connectivity index (χ1v) is 5.44. The van der Waals surface area contributed by atoms with Gasteiger partial charge in [0.1, 0.15) is 0 Å². The molecule has 0 saturated carbocycles. The first kappa shape index (κ1) is 17.6. The summed E-state index contributed by atoms with van der Waals surface area (Å²) in [5.74, 6) is -2.75. The number of nitrogens with two attached hydrogens (primary N) is 1. The molecule has 1 aromatic rings. The Morgan fingerprint density at radius 1 is 1.53 bits per heavy atom. The second kappa shape index (κ2) is 7.25. The number of phenolic OH excluding ortho intramolecular Hbond substituents is 1. The monoisotopic (exact) mass is 295 g/mol. The van der Waals surface area contributed by atoms with Gasteiger partial charge in [0.15, 0.2) is 11.6 Å². The van der Waals surface area contributed by atoms with Crippen LogP contribution in [0.5, 0.6) is 5.75 Å². The number of hydrogen-bond donors (Lipinski definition) is 2. The molecule has 0 aliphatic carbocycles. The van der Waals surface area contributed by atoms with Crippen LogP contribution in [0, 0.1) is 12.7 Å². The lowest BCUT2D eigenvalue weighted by atomic mass is 10.00. The largest absolute Gasteiger partial charge is 0.505 e. The maximum atomic E-state index is 13.6. The minimum Gasteiger partial charge on any atom is -0.505 e. The van der Waals surface area contributed by atoms with Crippen LogP contribution in [0.1, 0.15) is 24.1 Å². The molecular formula is C12H16ClF2NO3. The van der Waals surface area contributed by atoms with Crippen molar-refractivity contribution >= 4 is 18.4 Å². The Morgan fingerprint density at radius 3 is 2.63 bits per heavy atom. The standard InChI is InChI=1S/C12H15F2NO3.ClH/c1-3-18-12(17)9(14)10(15)7-5-4-6(2)8(13)11(7)16;/h4-5,9-10,16H,3,15H2,1-2H3;1H/t9?,10-;/m0./s1. The van der Waals surface area contributed by atoms with Crippen molar-refractivity contribution in [3.8, 4) is 5.75 Å². The van der Waals surface area contributed by atoms with Gasteiger partial charge in [0.2, 0.25) is 6.17 Å². The summed E-state index contributed by atoms with van der Waals surface area (Å²) in [5.41, 5.74) is 5.52. The molecule has 0 aliphatic heterocycles. The van der Waals surface area contributed by atoms with E-state index in [-0.39, 0.29) is 30.1 Å². The van der Waals surface area contributed by atoms with Crippen molar-refractivity contribution in [3.05, 3.63) is 29.1 Å². The summed E-state index contributed by atoms with van der Waals surface area (Å²) >= 11 is 0. The Labute approximate surface area is 116 Å². The lowest BCUT2D eigenvalue weighted by Gasteiger charge is -2.17. The van der Waals surface area contributed by atoms with Crippen molar-refractivity contribution in [1.29, 1.82) is 0 Å². The summed E-state index contributed by atoms with van der Waals surface area (Å²) in [6.07, 6.45) is -2.15. The van der Waals surface area contributed by atoms with Crippen LogP contribution in [-0.4, -0.2) is 23.9 Å². The molecule has 0 amide bonds. The van der Waals surface area contributed by atoms with Crippen LogP contribution in [0.2, 0.25) is 0 Å². The lowest BCUT2D eigenvalue weighted by Crippen LogP contribution is -2.31. The van der Waals surface area contributed by atoms with Gasteiger partial charge in [0.05, 0.1) is 12.6 Å². The van der Waals surface area contributed by atoms with E-state index >= 15 is 0 Å². The van der Waals surface area contributed by atoms with Gasteiger partial charge >= 0.3 is 5.97 Å². The number of phenols is 1. The number of esters is 1. The van der Waals surface area contributed by atoms with Crippen LogP contribution in [0.4, 0.5) is 8.78 Å². The number of aryl methyl sites for hydroxylation is 1. The van der Waals surface area contributed by atoms with Crippen molar-refractivity contribution in [2.24, 2.45) is 5.73 Å². The van der Waals surface area contributed by atoms with E-state index in [2.05, 4.69) is 4.74 Å². The van der Waals surface area contributed by atoms with Gasteiger partial charge in [-0.2, -0.15) is 0 Å². The first-order chi connectivity index (χ1) is 8.40. The first-order valence-electron chi connectivity index (χ1n) is 5.44. The van der Waals surface area contributed by atoms with Crippen LogP contribution in [0.25, 0.3) is 0 Å². The van der Waals surface area contributed by atoms with E-state index in [1.54, 1.807) is 0 Å². The molecule has 0 aromatic heterocycles. The Kier molecular flexibility index (Phi) is 6.72. The zero-order valence-corrected chi connectivity index (χ0v) is 11.3. The minimum atomic E-state index is -2.15. The van der Waals surface area contributed by atoms with Crippen molar-refractivity contribution in [1.82, 2.24) is 0 Å². The summed E-state index contributed by atoms with van der Waals surface area (Å²) in [7, 11) is 0. The van der Waals surface area contributed by atoms with E-state index in [9.17, 15) is 18.7 Å². The van der Waals surface area contributed by atoms with Crippen LogP contribution >= 0.6 is 12.4 Å². The Bertz CT molecular complexity index is 457. The van der Waals surface area contributed by atoms with Crippen LogP contribution in [0.15, 0.2) is 12.1 Å². The fraction of sp³-hybridized carbons (Fsp3) is 0.417. The fourth-order valence-corrected chi connectivity index (χ4v) is 1.48. The third kappa shape index (κ3) is 3.78. The highest BCUT2D eigenvalue weighted by Crippen LogP contribution is 2.30. The molecule has 0 heterocycles. The van der Waals surface area contributed by atoms with Gasteiger partial charge in [0.25, 0.3) is 0 Å². The zero-order chi connectivity index (χ0) is 13.9. The van der Waals surface area contributed by atoms with Crippen LogP contribution in [-0.2, 0) is 9.53 Å². The van der Waals surface area contributed by atoms with E-state index in [0.717, 1.165) is 0 Å². The molecule has 1 aromatic carbocycles. The predicted octanol–water partition coefficient (Wildman–Crippen LogP) is 2.16. The molecular weight excluding hydrogens is 280 g/mol. The summed E-state index contributed by atoms with van der Waals surface area (Å²) in [5, 5.41) is 9.54. The average molecular weight is 296 g/mol. The van der Waals surface area contributed by atoms with Crippen molar-refractivity contribution in [2.75, 3.05) is 6.61 Å². The molecule has 0 spiro atoms. The Balaban J connectivity index is 0.00000324. The topological polar surface area (TPSA) is 72.5 Å². The van der Waals surface area contributed by atoms with Gasteiger partial charge in [-0.25, -0.2) is 13.6 Å². The maximum absolute atomic E-state index is 13.6. The fourth-order valence-electron chi connectivity index (χ4n) is 1.48. The molecule has 0 aliphatic rings. The number of carbonyl (C=O) groups is 1. The van der Waals surface area contributed by atoms with Crippen molar-refractivity contribution < 1.29 is 23.4 Å². The van der Waals surface area contributed by atoms with Gasteiger partial charge in [-0.15, -0.1) is 12.4 Å². The van der Waals surface area contributed by atoms with E-state index in [4.69, 9.17) is 5.73 Å². The maximum Gasteiger partial charge on any atom is 0.342 e. The lowest BCUT2D eigenvalue weighted by molar-refractivity contribution is -0.149. The van der Waals surface area contributed by atoms with Gasteiger partial charge in [-0.05, 0) is 19.4 Å². The van der Waals surface area contributed by atoms with Gasteiger partial charge in [-0.1, -0.05) is 12.1 Å². The van der Waals surface area contributed by atoms with E-state index in [0.29, 0.717) is 0 Å². The predicted molar refractivity (Wildman–Crippen MR) is 68.5 cm³/mol. The smallest absolute Gasteiger partial charge is 0.342 e. The normalized spacial score (nSPS) is 13.3. The molecule has 7 heteroatoms. The van der Waals surface area contributed by atoms with Crippen molar-refractivity contribution in [2.45, 2.75) is 26.1 Å². The number of rotatable bonds is 4. The molecule has 0 saturated heterocycles. The molecule has 0 fully saturated rings. The number of benzene rings is 1. The quantitative estimate of drug-likeness (QED) is 0.835. The zero-order valence-electron chi connectivity index (χ0n) is 10.5. The van der Waals surface area contributed by atoms with E-state index in [1.807, 2.05) is 0 Å². The molecule has 1 unspecified atom stereocenters. The summed E-state index contributed by atoms with van der Waals surface area (Å²) in [6, 6.07) is 1.16. The SMILES string of the molecule is CCOC(=O)C(F)[C@@H](N)c1ccc(C)c(F)c1O.Cl. The molecule has 108 valence electrons. The van der Waals surface area contributed by atoms with Gasteiger partial charge in [0, 0.05) is 5.56 Å². The number of alkyl halides is 1. The average Bonchev–Trinajstić information content (AvgIpc) is 2.35. The third-order valence-corrected chi connectivity index (χ3v) is 2.53. The van der Waals surface area contributed by atoms with Crippen LogP contribution < -0.4 is 5.73 Å². The number of halogens is 3. The minimum absolute atomic E-state index is 0. The molecule has 4 nitrogen and oxygen atoms in total. The van der Waals surface area contributed by atoms with Gasteiger partial charge in [-0.3, -0.25) is 0 Å². The number of hydrogen-bond acceptors (Lipinski definition) is 4. The molecule has 0 radical (unpaired) electrons. The van der Waals surface area contributed by atoms with Crippen LogP contribution in [0.3, 0.4) is 0 Å². The summed E-state index contributed by atoms with van der Waals surface area (Å²) < 4.78 is 31.5. The van der Waals surface area contributed by atoms with Gasteiger partial charge < -0.3 is 15.6 Å². The Morgan fingerprint density at radius 2 is 2.11 bits per heavy atom. The second-order valence-electron chi connectivity index (χ2n) is 3.81. The molecule has 3 N–H and O–H groups in total. The van der Waals surface area contributed by atoms with Crippen molar-refractivity contribution in [3.63, 3.8) is 0 Å².